The summed E-state index contributed by atoms with van der Waals surface area (Å²) in [6.07, 6.45) is 13.2. The fourth-order valence-electron chi connectivity index (χ4n) is 4.51. The van der Waals surface area contributed by atoms with Gasteiger partial charge >= 0.3 is 59.6 Å². The molecular formula is C24H53Cl2NSiTiZr. The van der Waals surface area contributed by atoms with Crippen molar-refractivity contribution in [1.82, 2.24) is 0 Å². The Kier molecular flexibility index (Phi) is 39.6. The van der Waals surface area contributed by atoms with Gasteiger partial charge in [-0.3, -0.25) is 0 Å². The minimum atomic E-state index is -1.03. The molecule has 180 valence electrons. The summed E-state index contributed by atoms with van der Waals surface area (Å²) in [7, 11) is 10.7. The molecule has 0 aromatic heterocycles. The maximum absolute atomic E-state index is 4.93. The van der Waals surface area contributed by atoms with Crippen LogP contribution in [0.25, 0.3) is 5.32 Å². The predicted octanol–water partition coefficient (Wildman–Crippen LogP) is 10.2. The maximum Gasteiger partial charge on any atom is 4.00 e. The van der Waals surface area contributed by atoms with Crippen LogP contribution in [0, 0.1) is 47.1 Å². The molecule has 0 aliphatic heterocycles. The van der Waals surface area contributed by atoms with Gasteiger partial charge in [-0.15, -0.1) is 6.54 Å². The maximum atomic E-state index is 4.93. The fraction of sp³-hybridized carbons (Fsp3) is 0.792. The first-order valence-corrected chi connectivity index (χ1v) is 19.5. The first kappa shape index (κ1) is 45.8. The average Bonchev–Trinajstić information content (AvgIpc) is 3.18. The Bertz CT molecular complexity index is 317. The number of rotatable bonds is 5. The van der Waals surface area contributed by atoms with E-state index in [0.717, 1.165) is 18.0 Å². The predicted molar refractivity (Wildman–Crippen MR) is 142 cm³/mol. The van der Waals surface area contributed by atoms with Gasteiger partial charge in [0.2, 0.25) is 0 Å². The van der Waals surface area contributed by atoms with Crippen LogP contribution in [0.15, 0.2) is 0 Å². The van der Waals surface area contributed by atoms with E-state index in [1.54, 1.807) is 0 Å². The quantitative estimate of drug-likeness (QED) is 0.222. The van der Waals surface area contributed by atoms with Gasteiger partial charge in [-0.25, -0.2) is 0 Å². The summed E-state index contributed by atoms with van der Waals surface area (Å²) >= 11 is -0.826. The van der Waals surface area contributed by atoms with Gasteiger partial charge in [0.15, 0.2) is 0 Å². The van der Waals surface area contributed by atoms with E-state index in [9.17, 15) is 0 Å². The molecule has 2 saturated carbocycles. The molecule has 2 aliphatic rings. The summed E-state index contributed by atoms with van der Waals surface area (Å²) in [6.45, 7) is 13.2. The second-order valence-corrected chi connectivity index (χ2v) is 17.8. The van der Waals surface area contributed by atoms with Crippen molar-refractivity contribution in [3.05, 3.63) is 41.1 Å². The van der Waals surface area contributed by atoms with Gasteiger partial charge in [0.05, 0.1) is 0 Å². The molecule has 0 heterocycles. The van der Waals surface area contributed by atoms with Crippen molar-refractivity contribution < 1.29 is 42.6 Å². The zero-order valence-electron chi connectivity index (χ0n) is 22.0. The van der Waals surface area contributed by atoms with E-state index in [0.29, 0.717) is 5.41 Å². The third-order valence-electron chi connectivity index (χ3n) is 5.45. The molecular weight excluding hydrogens is 540 g/mol. The standard InChI is InChI=1S/C12H25Si.C8H16N.4CH3.2ClH.Ti.Zr/c1-12(2,3)10-13(4,5)11-8-6-7-9-11;1-9-7-6-8-4-2-3-5-8;;;;;;;;/h10-11H,6-9H2,1-5H3;8H,2-7H2,1H3;4*1H3;2*1H;;/q6*-1;;;2*+4/p-2. The smallest absolute Gasteiger partial charge is 4.00 e. The summed E-state index contributed by atoms with van der Waals surface area (Å²) in [6, 6.07) is 2.69. The summed E-state index contributed by atoms with van der Waals surface area (Å²) in [5.74, 6) is 1.02. The fourth-order valence-corrected chi connectivity index (χ4v) is 8.88. The number of halogens is 2. The summed E-state index contributed by atoms with van der Waals surface area (Å²) in [5.41, 5.74) is 1.50. The normalized spacial score (nSPS) is 15.7. The second-order valence-electron chi connectivity index (χ2n) is 9.36. The molecule has 1 nitrogen and oxygen atoms in total. The molecule has 0 saturated heterocycles. The Morgan fingerprint density at radius 1 is 0.900 bits per heavy atom. The van der Waals surface area contributed by atoms with E-state index in [1.807, 2.05) is 7.05 Å². The van der Waals surface area contributed by atoms with Crippen LogP contribution in [0.4, 0.5) is 0 Å². The molecule has 0 unspecified atom stereocenters. The van der Waals surface area contributed by atoms with E-state index in [1.165, 1.54) is 57.8 Å². The monoisotopic (exact) mass is 591 g/mol. The van der Waals surface area contributed by atoms with Crippen LogP contribution >= 0.6 is 17.0 Å². The molecule has 2 rings (SSSR count). The number of hydrogen-bond donors (Lipinski definition) is 0. The Morgan fingerprint density at radius 3 is 1.60 bits per heavy atom. The zero-order chi connectivity index (χ0) is 19.3. The summed E-state index contributed by atoms with van der Waals surface area (Å²) in [5, 5.41) is 4.10. The minimum Gasteiger partial charge on any atom is 4.00 e. The van der Waals surface area contributed by atoms with E-state index in [2.05, 4.69) is 45.2 Å². The van der Waals surface area contributed by atoms with Crippen molar-refractivity contribution >= 4 is 25.1 Å². The van der Waals surface area contributed by atoms with Crippen LogP contribution in [-0.4, -0.2) is 21.7 Å². The molecule has 0 aromatic rings. The molecule has 0 radical (unpaired) electrons. The van der Waals surface area contributed by atoms with E-state index in [-0.39, 0.29) is 51.4 Å². The third kappa shape index (κ3) is 25.0. The minimum absolute atomic E-state index is 0. The van der Waals surface area contributed by atoms with E-state index in [4.69, 9.17) is 17.0 Å². The van der Waals surface area contributed by atoms with E-state index < -0.39 is 28.9 Å². The van der Waals surface area contributed by atoms with Crippen molar-refractivity contribution in [3.8, 4) is 0 Å². The van der Waals surface area contributed by atoms with Crippen molar-refractivity contribution in [2.75, 3.05) is 13.6 Å². The number of nitrogens with zero attached hydrogens (tertiary/aromatic N) is 1. The topological polar surface area (TPSA) is 14.1 Å². The SMILES string of the molecule is CC(C)(C)[CH-][Si](C)(C)C1CCCC1.C[N-]CCC1CCCC1.[CH3-].[CH3-].[CH3-].[CH3-].[Cl][Zr+2][Cl].[Ti+4]. The van der Waals surface area contributed by atoms with Gasteiger partial charge in [-0.1, -0.05) is 105 Å². The van der Waals surface area contributed by atoms with Crippen molar-refractivity contribution in [3.63, 3.8) is 0 Å². The summed E-state index contributed by atoms with van der Waals surface area (Å²) < 4.78 is 0. The second kappa shape index (κ2) is 26.0. The van der Waals surface area contributed by atoms with Gasteiger partial charge < -0.3 is 41.1 Å². The molecule has 0 N–H and O–H groups in total. The Balaban J connectivity index is -0.0000000760. The average molecular weight is 594 g/mol. The molecule has 0 spiro atoms. The van der Waals surface area contributed by atoms with Crippen molar-refractivity contribution in [2.24, 2.45) is 11.3 Å². The van der Waals surface area contributed by atoms with Crippen molar-refractivity contribution in [1.29, 1.82) is 0 Å². The molecule has 0 aromatic carbocycles. The third-order valence-corrected chi connectivity index (χ3v) is 9.74. The van der Waals surface area contributed by atoms with Crippen LogP contribution in [0.5, 0.6) is 0 Å². The van der Waals surface area contributed by atoms with Crippen LogP contribution in [0.2, 0.25) is 18.6 Å². The molecule has 2 fully saturated rings. The molecule has 2 aliphatic carbocycles. The first-order chi connectivity index (χ1) is 11.7. The molecule has 0 atom stereocenters. The van der Waals surface area contributed by atoms with Crippen LogP contribution < -0.4 is 0 Å². The van der Waals surface area contributed by atoms with Crippen LogP contribution in [0.3, 0.4) is 0 Å². The van der Waals surface area contributed by atoms with Crippen LogP contribution in [0.1, 0.15) is 78.6 Å². The molecule has 0 amide bonds. The zero-order valence-corrected chi connectivity index (χ0v) is 28.5. The van der Waals surface area contributed by atoms with Gasteiger partial charge in [0.25, 0.3) is 0 Å². The van der Waals surface area contributed by atoms with Crippen molar-refractivity contribution in [2.45, 2.75) is 97.2 Å². The Hall–Kier alpha value is 2.35. The first-order valence-electron chi connectivity index (χ1n) is 10.0. The Labute approximate surface area is 228 Å². The summed E-state index contributed by atoms with van der Waals surface area (Å²) in [4.78, 5) is 0. The number of hydrogen-bond acceptors (Lipinski definition) is 0. The van der Waals surface area contributed by atoms with Gasteiger partial charge in [0, 0.05) is 0 Å². The molecule has 30 heavy (non-hydrogen) atoms. The van der Waals surface area contributed by atoms with E-state index >= 15 is 0 Å². The van der Waals surface area contributed by atoms with Gasteiger partial charge in [0.1, 0.15) is 0 Å². The van der Waals surface area contributed by atoms with Gasteiger partial charge in [-0.2, -0.15) is 12.5 Å². The largest absolute Gasteiger partial charge is 4.00 e. The van der Waals surface area contributed by atoms with Crippen LogP contribution in [-0.2, 0) is 42.6 Å². The van der Waals surface area contributed by atoms with Gasteiger partial charge in [-0.05, 0) is 5.92 Å². The molecule has 0 bridgehead atoms. The molecule has 6 heteroatoms. The Morgan fingerprint density at radius 2 is 1.27 bits per heavy atom.